The largest absolute Gasteiger partial charge is 0.493 e. The van der Waals surface area contributed by atoms with E-state index in [4.69, 9.17) is 14.2 Å². The van der Waals surface area contributed by atoms with E-state index >= 15 is 0 Å². The number of carbonyl (C=O) groups excluding carboxylic acids is 1. The van der Waals surface area contributed by atoms with Gasteiger partial charge in [0.05, 0.1) is 26.4 Å². The lowest BCUT2D eigenvalue weighted by molar-refractivity contribution is -0.144. The second-order valence-corrected chi connectivity index (χ2v) is 9.31. The number of ether oxygens (including phenoxy) is 3. The van der Waals surface area contributed by atoms with Crippen LogP contribution >= 0.6 is 0 Å². The molecule has 164 valence electrons. The molecule has 0 aromatic heterocycles. The van der Waals surface area contributed by atoms with Gasteiger partial charge in [-0.15, -0.1) is 0 Å². The van der Waals surface area contributed by atoms with Crippen molar-refractivity contribution in [1.29, 1.82) is 0 Å². The fourth-order valence-corrected chi connectivity index (χ4v) is 4.98. The molecule has 3 aliphatic rings. The van der Waals surface area contributed by atoms with Crippen LogP contribution in [0.2, 0.25) is 0 Å². The maximum atomic E-state index is 13.0. The van der Waals surface area contributed by atoms with Crippen LogP contribution in [0.5, 0.6) is 5.75 Å². The van der Waals surface area contributed by atoms with Crippen molar-refractivity contribution in [2.24, 2.45) is 0 Å². The lowest BCUT2D eigenvalue weighted by Crippen LogP contribution is -2.22. The van der Waals surface area contributed by atoms with Crippen molar-refractivity contribution < 1.29 is 19.0 Å². The zero-order valence-corrected chi connectivity index (χ0v) is 18.8. The molecule has 1 unspecified atom stereocenters. The third-order valence-corrected chi connectivity index (χ3v) is 7.02. The molecule has 4 nitrogen and oxygen atoms in total. The predicted molar refractivity (Wildman–Crippen MR) is 121 cm³/mol. The minimum absolute atomic E-state index is 0.211. The van der Waals surface area contributed by atoms with Gasteiger partial charge in [0, 0.05) is 0 Å². The summed E-state index contributed by atoms with van der Waals surface area (Å²) in [7, 11) is 1.48. The molecule has 1 atom stereocenters. The summed E-state index contributed by atoms with van der Waals surface area (Å²) in [6.45, 7) is 5.49. The molecule has 5 rings (SSSR count). The molecule has 0 saturated heterocycles. The highest BCUT2D eigenvalue weighted by molar-refractivity contribution is 5.86. The van der Waals surface area contributed by atoms with Crippen molar-refractivity contribution in [1.82, 2.24) is 0 Å². The summed E-state index contributed by atoms with van der Waals surface area (Å²) in [5.41, 5.74) is 8.60. The third kappa shape index (κ3) is 3.98. The van der Waals surface area contributed by atoms with Crippen LogP contribution in [0.15, 0.2) is 24.3 Å². The molecule has 2 aromatic rings. The molecule has 0 spiro atoms. The van der Waals surface area contributed by atoms with Gasteiger partial charge in [0.2, 0.25) is 0 Å². The van der Waals surface area contributed by atoms with Gasteiger partial charge >= 0.3 is 5.97 Å². The Kier molecular flexibility index (Phi) is 5.51. The highest BCUT2D eigenvalue weighted by Gasteiger charge is 2.35. The zero-order chi connectivity index (χ0) is 21.5. The van der Waals surface area contributed by atoms with Crippen LogP contribution in [0.3, 0.4) is 0 Å². The van der Waals surface area contributed by atoms with E-state index in [9.17, 15) is 4.79 Å². The van der Waals surface area contributed by atoms with Crippen LogP contribution in [0, 0.1) is 13.8 Å². The highest BCUT2D eigenvalue weighted by atomic mass is 16.5. The minimum Gasteiger partial charge on any atom is -0.493 e. The van der Waals surface area contributed by atoms with E-state index in [0.717, 1.165) is 49.2 Å². The van der Waals surface area contributed by atoms with Gasteiger partial charge in [-0.05, 0) is 103 Å². The quantitative estimate of drug-likeness (QED) is 0.546. The molecule has 0 N–H and O–H groups in total. The average molecular weight is 421 g/mol. The van der Waals surface area contributed by atoms with Crippen LogP contribution in [0.4, 0.5) is 0 Å². The average Bonchev–Trinajstić information content (AvgIpc) is 3.69. The van der Waals surface area contributed by atoms with Gasteiger partial charge in [-0.3, -0.25) is 4.79 Å². The van der Waals surface area contributed by atoms with Crippen molar-refractivity contribution in [3.63, 3.8) is 0 Å². The van der Waals surface area contributed by atoms with Gasteiger partial charge in [-0.25, -0.2) is 0 Å². The number of hydrogen-bond donors (Lipinski definition) is 0. The number of methoxy groups -OCH3 is 1. The van der Waals surface area contributed by atoms with Crippen molar-refractivity contribution in [3.8, 4) is 16.9 Å². The van der Waals surface area contributed by atoms with Gasteiger partial charge < -0.3 is 14.2 Å². The second-order valence-electron chi connectivity index (χ2n) is 9.31. The Morgan fingerprint density at radius 2 is 1.94 bits per heavy atom. The molecule has 2 aromatic carbocycles. The number of fused-ring (bicyclic) bond motifs is 1. The van der Waals surface area contributed by atoms with E-state index in [1.54, 1.807) is 0 Å². The molecular formula is C27H32O4. The number of benzene rings is 2. The lowest BCUT2D eigenvalue weighted by atomic mass is 9.80. The van der Waals surface area contributed by atoms with Crippen LogP contribution < -0.4 is 4.74 Å². The highest BCUT2D eigenvalue weighted by Crippen LogP contribution is 2.49. The summed E-state index contributed by atoms with van der Waals surface area (Å²) < 4.78 is 17.2. The van der Waals surface area contributed by atoms with Crippen molar-refractivity contribution in [2.75, 3.05) is 20.3 Å². The first-order valence-electron chi connectivity index (χ1n) is 11.7. The Morgan fingerprint density at radius 1 is 1.13 bits per heavy atom. The van der Waals surface area contributed by atoms with E-state index in [1.807, 2.05) is 0 Å². The van der Waals surface area contributed by atoms with Crippen LogP contribution in [0.25, 0.3) is 11.1 Å². The number of aryl methyl sites for hydroxylation is 1. The van der Waals surface area contributed by atoms with Gasteiger partial charge in [-0.1, -0.05) is 18.2 Å². The molecule has 31 heavy (non-hydrogen) atoms. The fraction of sp³-hybridized carbons (Fsp3) is 0.519. The Labute approximate surface area is 184 Å². The van der Waals surface area contributed by atoms with E-state index in [-0.39, 0.29) is 5.97 Å². The molecule has 4 heteroatoms. The topological polar surface area (TPSA) is 44.8 Å². The number of rotatable bonds is 7. The maximum Gasteiger partial charge on any atom is 0.315 e. The van der Waals surface area contributed by atoms with E-state index in [0.29, 0.717) is 18.6 Å². The number of esters is 1. The summed E-state index contributed by atoms with van der Waals surface area (Å²) in [6.07, 6.45) is 6.99. The summed E-state index contributed by atoms with van der Waals surface area (Å²) in [5, 5.41) is 0. The predicted octanol–water partition coefficient (Wildman–Crippen LogP) is 5.61. The van der Waals surface area contributed by atoms with E-state index < -0.39 is 5.92 Å². The van der Waals surface area contributed by atoms with Crippen molar-refractivity contribution in [2.45, 2.75) is 70.3 Å². The van der Waals surface area contributed by atoms with Gasteiger partial charge in [0.25, 0.3) is 0 Å². The Morgan fingerprint density at radius 3 is 2.65 bits per heavy atom. The van der Waals surface area contributed by atoms with Gasteiger partial charge in [0.15, 0.2) is 0 Å². The zero-order valence-electron chi connectivity index (χ0n) is 18.8. The monoisotopic (exact) mass is 420 g/mol. The Bertz CT molecular complexity index is 1000. The Hall–Kier alpha value is -2.33. The van der Waals surface area contributed by atoms with Gasteiger partial charge in [0.1, 0.15) is 11.7 Å². The smallest absolute Gasteiger partial charge is 0.315 e. The summed E-state index contributed by atoms with van der Waals surface area (Å²) in [4.78, 5) is 13.0. The SMILES string of the molecule is COC(=O)C(COC1CC1)c1c(C)ccc(C2CC2)c1-c1ccc2c(c1C)CCCO2. The molecule has 2 aliphatic carbocycles. The summed E-state index contributed by atoms with van der Waals surface area (Å²) in [6, 6.07) is 8.76. The van der Waals surface area contributed by atoms with Crippen LogP contribution in [0.1, 0.15) is 71.8 Å². The molecule has 2 saturated carbocycles. The third-order valence-electron chi connectivity index (χ3n) is 7.02. The summed E-state index contributed by atoms with van der Waals surface area (Å²) in [5.74, 6) is 0.961. The summed E-state index contributed by atoms with van der Waals surface area (Å²) >= 11 is 0. The maximum absolute atomic E-state index is 13.0. The standard InChI is InChI=1S/C27H32O4/c1-16-6-11-22(18-7-8-18)26(21-12-13-24-20(17(21)2)5-4-14-30-24)25(16)23(27(28)29-3)15-31-19-9-10-19/h6,11-13,18-19,23H,4-5,7-10,14-15H2,1-3H3. The van der Waals surface area contributed by atoms with Crippen LogP contribution in [-0.4, -0.2) is 32.4 Å². The molecule has 0 amide bonds. The molecule has 1 aliphatic heterocycles. The molecule has 2 fully saturated rings. The minimum atomic E-state index is -0.411. The first-order valence-corrected chi connectivity index (χ1v) is 11.7. The molecular weight excluding hydrogens is 388 g/mol. The number of carbonyl (C=O) groups is 1. The normalized spacial score (nSPS) is 18.8. The van der Waals surface area contributed by atoms with Crippen molar-refractivity contribution >= 4 is 5.97 Å². The van der Waals surface area contributed by atoms with Crippen molar-refractivity contribution in [3.05, 3.63) is 52.1 Å². The van der Waals surface area contributed by atoms with Crippen LogP contribution in [-0.2, 0) is 20.7 Å². The first kappa shape index (κ1) is 20.6. The molecule has 0 radical (unpaired) electrons. The van der Waals surface area contributed by atoms with E-state index in [1.165, 1.54) is 47.8 Å². The fourth-order valence-electron chi connectivity index (χ4n) is 4.98. The van der Waals surface area contributed by atoms with E-state index in [2.05, 4.69) is 38.1 Å². The molecule has 1 heterocycles. The van der Waals surface area contributed by atoms with Gasteiger partial charge in [-0.2, -0.15) is 0 Å². The lowest BCUT2D eigenvalue weighted by Gasteiger charge is -2.27. The second kappa shape index (κ2) is 8.31. The first-order chi connectivity index (χ1) is 15.1. The Balaban J connectivity index is 1.68. The number of hydrogen-bond acceptors (Lipinski definition) is 4. The molecule has 0 bridgehead atoms.